The maximum absolute atomic E-state index is 15.3. The Hall–Kier alpha value is -3.59. The second kappa shape index (κ2) is 11.0. The van der Waals surface area contributed by atoms with Crippen molar-refractivity contribution in [2.45, 2.75) is 52.6 Å². The third-order valence-electron chi connectivity index (χ3n) is 7.39. The molecule has 1 aromatic carbocycles. The minimum absolute atomic E-state index is 0.0855. The normalized spacial score (nSPS) is 18.6. The highest BCUT2D eigenvalue weighted by molar-refractivity contribution is 5.82. The standard InChI is InChI=1S/C29H37FN6O2/c1-6-17(2)23(14-24(31-4)19-7-8-19)33-26-15-27(36-12-11-20(16-36)37-5)35-29(34-26)38-25-10-9-22-21(28(25)30)13-18(3)32-22/h9-10,13-15,19-20,31-32H,6-8,11-12,16H2,1-5H3,(H,33,34,35)/b23-17-,24-14-. The van der Waals surface area contributed by atoms with Crippen molar-refractivity contribution >= 4 is 22.5 Å². The summed E-state index contributed by atoms with van der Waals surface area (Å²) in [6, 6.07) is 7.20. The molecule has 0 radical (unpaired) electrons. The Kier molecular flexibility index (Phi) is 7.56. The number of halogens is 1. The molecule has 1 aliphatic carbocycles. The fraction of sp³-hybridized carbons (Fsp3) is 0.448. The maximum Gasteiger partial charge on any atom is 0.326 e. The number of ether oxygens (including phenoxy) is 2. The number of nitrogens with zero attached hydrogens (tertiary/aromatic N) is 3. The van der Waals surface area contributed by atoms with Crippen LogP contribution in [0.25, 0.3) is 10.9 Å². The molecule has 3 N–H and O–H groups in total. The van der Waals surface area contributed by atoms with Gasteiger partial charge in [-0.2, -0.15) is 9.97 Å². The lowest BCUT2D eigenvalue weighted by atomic mass is 10.1. The average Bonchev–Trinajstić information content (AvgIpc) is 3.51. The lowest BCUT2D eigenvalue weighted by Crippen LogP contribution is -2.23. The summed E-state index contributed by atoms with van der Waals surface area (Å²) in [5, 5.41) is 7.35. The Morgan fingerprint density at radius 3 is 2.74 bits per heavy atom. The van der Waals surface area contributed by atoms with Gasteiger partial charge in [-0.1, -0.05) is 6.92 Å². The molecule has 9 heteroatoms. The minimum atomic E-state index is -0.440. The monoisotopic (exact) mass is 520 g/mol. The summed E-state index contributed by atoms with van der Waals surface area (Å²) in [6.07, 6.45) is 6.52. The number of H-pyrrole nitrogens is 1. The second-order valence-electron chi connectivity index (χ2n) is 10.2. The van der Waals surface area contributed by atoms with Gasteiger partial charge in [-0.05, 0) is 75.3 Å². The van der Waals surface area contributed by atoms with E-state index in [4.69, 9.17) is 9.47 Å². The van der Waals surface area contributed by atoms with Crippen LogP contribution in [0.1, 0.15) is 45.2 Å². The van der Waals surface area contributed by atoms with Crippen molar-refractivity contribution in [1.82, 2.24) is 20.3 Å². The first-order valence-electron chi connectivity index (χ1n) is 13.4. The van der Waals surface area contributed by atoms with Crippen molar-refractivity contribution in [2.24, 2.45) is 5.92 Å². The van der Waals surface area contributed by atoms with Crippen LogP contribution in [0.15, 0.2) is 47.3 Å². The number of aromatic nitrogens is 3. The van der Waals surface area contributed by atoms with Crippen LogP contribution in [0, 0.1) is 18.7 Å². The number of hydrogen-bond donors (Lipinski definition) is 3. The van der Waals surface area contributed by atoms with Crippen molar-refractivity contribution in [3.63, 3.8) is 0 Å². The fourth-order valence-electron chi connectivity index (χ4n) is 4.82. The summed E-state index contributed by atoms with van der Waals surface area (Å²) in [7, 11) is 3.70. The maximum atomic E-state index is 15.3. The number of allylic oxidation sites excluding steroid dienone is 3. The quantitative estimate of drug-likeness (QED) is 0.281. The van der Waals surface area contributed by atoms with Crippen LogP contribution in [-0.2, 0) is 4.74 Å². The predicted molar refractivity (Wildman–Crippen MR) is 149 cm³/mol. The smallest absolute Gasteiger partial charge is 0.326 e. The van der Waals surface area contributed by atoms with E-state index in [1.807, 2.05) is 20.0 Å². The lowest BCUT2D eigenvalue weighted by Gasteiger charge is -2.20. The van der Waals surface area contributed by atoms with Gasteiger partial charge in [-0.25, -0.2) is 4.39 Å². The Morgan fingerprint density at radius 2 is 2.05 bits per heavy atom. The molecule has 202 valence electrons. The van der Waals surface area contributed by atoms with Gasteiger partial charge in [0.25, 0.3) is 0 Å². The number of anilines is 2. The number of aryl methyl sites for hydroxylation is 1. The molecule has 1 atom stereocenters. The molecule has 2 aliphatic rings. The SMILES string of the molecule is CC/C(C)=C(/C=C(\NC)C1CC1)Nc1cc(N2CCC(OC)C2)nc(Oc2ccc3[nH]c(C)cc3c2F)n1. The largest absolute Gasteiger partial charge is 0.421 e. The molecule has 2 fully saturated rings. The van der Waals surface area contributed by atoms with Crippen molar-refractivity contribution in [3.8, 4) is 11.8 Å². The molecule has 1 saturated heterocycles. The zero-order valence-electron chi connectivity index (χ0n) is 22.8. The molecule has 2 aromatic heterocycles. The summed E-state index contributed by atoms with van der Waals surface area (Å²) in [4.78, 5) is 14.6. The Bertz CT molecular complexity index is 1380. The zero-order valence-corrected chi connectivity index (χ0v) is 22.8. The van der Waals surface area contributed by atoms with Crippen molar-refractivity contribution in [1.29, 1.82) is 0 Å². The van der Waals surface area contributed by atoms with E-state index in [1.54, 1.807) is 25.3 Å². The average molecular weight is 521 g/mol. The third-order valence-corrected chi connectivity index (χ3v) is 7.39. The van der Waals surface area contributed by atoms with Gasteiger partial charge in [0.05, 0.1) is 6.10 Å². The molecular weight excluding hydrogens is 483 g/mol. The van der Waals surface area contributed by atoms with E-state index in [9.17, 15) is 0 Å². The number of methoxy groups -OCH3 is 1. The molecule has 3 aromatic rings. The van der Waals surface area contributed by atoms with Crippen molar-refractivity contribution < 1.29 is 13.9 Å². The van der Waals surface area contributed by atoms with Crippen LogP contribution in [-0.4, -0.2) is 48.3 Å². The highest BCUT2D eigenvalue weighted by Gasteiger charge is 2.27. The first-order valence-corrected chi connectivity index (χ1v) is 13.4. The molecule has 1 unspecified atom stereocenters. The summed E-state index contributed by atoms with van der Waals surface area (Å²) in [6.45, 7) is 7.68. The van der Waals surface area contributed by atoms with E-state index in [0.717, 1.165) is 42.8 Å². The molecule has 0 amide bonds. The van der Waals surface area contributed by atoms with E-state index in [-0.39, 0.29) is 17.9 Å². The van der Waals surface area contributed by atoms with E-state index in [1.165, 1.54) is 24.1 Å². The van der Waals surface area contributed by atoms with E-state index in [0.29, 0.717) is 22.9 Å². The van der Waals surface area contributed by atoms with Crippen LogP contribution in [0.4, 0.5) is 16.0 Å². The Balaban J connectivity index is 1.51. The van der Waals surface area contributed by atoms with Gasteiger partial charge in [-0.15, -0.1) is 0 Å². The van der Waals surface area contributed by atoms with Gasteiger partial charge >= 0.3 is 6.01 Å². The number of rotatable bonds is 10. The number of benzene rings is 1. The molecule has 8 nitrogen and oxygen atoms in total. The number of nitrogens with one attached hydrogen (secondary N) is 3. The number of aromatic amines is 1. The third kappa shape index (κ3) is 5.62. The van der Waals surface area contributed by atoms with Gasteiger partial charge in [0.15, 0.2) is 11.6 Å². The molecule has 3 heterocycles. The molecule has 38 heavy (non-hydrogen) atoms. The van der Waals surface area contributed by atoms with E-state index < -0.39 is 5.82 Å². The molecular formula is C29H37FN6O2. The first-order chi connectivity index (χ1) is 18.4. The number of hydrogen-bond acceptors (Lipinski definition) is 7. The van der Waals surface area contributed by atoms with Gasteiger partial charge in [0.2, 0.25) is 0 Å². The van der Waals surface area contributed by atoms with Crippen LogP contribution in [0.3, 0.4) is 0 Å². The van der Waals surface area contributed by atoms with Crippen LogP contribution in [0.5, 0.6) is 11.8 Å². The topological polar surface area (TPSA) is 87.3 Å². The lowest BCUT2D eigenvalue weighted by molar-refractivity contribution is 0.121. The van der Waals surface area contributed by atoms with Crippen molar-refractivity contribution in [2.75, 3.05) is 37.5 Å². The van der Waals surface area contributed by atoms with Gasteiger partial charge in [0.1, 0.15) is 11.6 Å². The molecule has 0 bridgehead atoms. The Labute approximate surface area is 223 Å². The van der Waals surface area contributed by atoms with Crippen LogP contribution < -0.4 is 20.3 Å². The summed E-state index contributed by atoms with van der Waals surface area (Å²) >= 11 is 0. The van der Waals surface area contributed by atoms with E-state index in [2.05, 4.69) is 50.4 Å². The summed E-state index contributed by atoms with van der Waals surface area (Å²) in [5.74, 6) is 1.53. The van der Waals surface area contributed by atoms with Gasteiger partial charge in [-0.3, -0.25) is 0 Å². The highest BCUT2D eigenvalue weighted by Crippen LogP contribution is 2.36. The molecule has 1 saturated carbocycles. The van der Waals surface area contributed by atoms with Gasteiger partial charge < -0.3 is 30.0 Å². The summed E-state index contributed by atoms with van der Waals surface area (Å²) in [5.41, 5.74) is 5.02. The second-order valence-corrected chi connectivity index (χ2v) is 10.2. The summed E-state index contributed by atoms with van der Waals surface area (Å²) < 4.78 is 26.9. The predicted octanol–water partition coefficient (Wildman–Crippen LogP) is 6.03. The van der Waals surface area contributed by atoms with Crippen LogP contribution >= 0.6 is 0 Å². The van der Waals surface area contributed by atoms with Crippen molar-refractivity contribution in [3.05, 3.63) is 58.8 Å². The molecule has 1 aliphatic heterocycles. The minimum Gasteiger partial charge on any atom is -0.421 e. The molecule has 5 rings (SSSR count). The van der Waals surface area contributed by atoms with Crippen LogP contribution in [0.2, 0.25) is 0 Å². The zero-order chi connectivity index (χ0) is 26.8. The number of fused-ring (bicyclic) bond motifs is 1. The van der Waals surface area contributed by atoms with E-state index >= 15 is 4.39 Å². The molecule has 0 spiro atoms. The highest BCUT2D eigenvalue weighted by atomic mass is 19.1. The van der Waals surface area contributed by atoms with Gasteiger partial charge in [0, 0.05) is 61.3 Å². The Morgan fingerprint density at radius 1 is 1.24 bits per heavy atom. The first kappa shape index (κ1) is 26.0. The fourth-order valence-corrected chi connectivity index (χ4v) is 4.82.